The van der Waals surface area contributed by atoms with Crippen LogP contribution in [-0.2, 0) is 0 Å². The van der Waals surface area contributed by atoms with E-state index in [1.165, 1.54) is 11.1 Å². The topological polar surface area (TPSA) is 65.7 Å². The average molecular weight is 461 g/mol. The van der Waals surface area contributed by atoms with Crippen molar-refractivity contribution in [2.75, 3.05) is 6.61 Å². The summed E-state index contributed by atoms with van der Waals surface area (Å²) >= 11 is 0. The van der Waals surface area contributed by atoms with Crippen molar-refractivity contribution in [1.29, 1.82) is 0 Å². The monoisotopic (exact) mass is 460 g/mol. The number of carbonyl (C=O) groups is 1. The molecule has 0 fully saturated rings. The second-order valence-electron chi connectivity index (χ2n) is 8.85. The summed E-state index contributed by atoms with van der Waals surface area (Å²) < 4.78 is 17.2. The van der Waals surface area contributed by atoms with Gasteiger partial charge in [0.25, 0.3) is 0 Å². The fraction of sp³-hybridized carbons (Fsp3) is 0.310. The number of hydrogen-bond acceptors (Lipinski definition) is 5. The van der Waals surface area contributed by atoms with E-state index in [0.717, 1.165) is 12.8 Å². The van der Waals surface area contributed by atoms with Crippen LogP contribution in [0.25, 0.3) is 11.0 Å². The van der Waals surface area contributed by atoms with Gasteiger partial charge in [0.15, 0.2) is 0 Å². The first-order valence-electron chi connectivity index (χ1n) is 11.6. The Hall–Kier alpha value is -3.60. The number of hydrogen-bond donors (Lipinski definition) is 0. The van der Waals surface area contributed by atoms with E-state index in [9.17, 15) is 9.59 Å². The molecule has 0 spiro atoms. The first-order valence-corrected chi connectivity index (χ1v) is 11.6. The van der Waals surface area contributed by atoms with Crippen molar-refractivity contribution >= 4 is 16.9 Å². The Balaban J connectivity index is 1.94. The van der Waals surface area contributed by atoms with Crippen molar-refractivity contribution < 1.29 is 18.7 Å². The number of fused-ring (bicyclic) bond motifs is 1. The zero-order valence-corrected chi connectivity index (χ0v) is 20.5. The molecule has 2 aromatic carbocycles. The van der Waals surface area contributed by atoms with Crippen LogP contribution in [0, 0.1) is 0 Å². The molecule has 0 aliphatic rings. The minimum absolute atomic E-state index is 0.0964. The second kappa shape index (κ2) is 11.5. The SMILES string of the molecule is CC(C)=CCC/C(C)=C/COc1cccc2oc(=O)c(OC(=O)c3ccccc3)c(C(C)C)c12. The molecule has 0 bridgehead atoms. The lowest BCUT2D eigenvalue weighted by molar-refractivity contribution is 0.0726. The zero-order valence-electron chi connectivity index (χ0n) is 20.5. The molecular weight excluding hydrogens is 428 g/mol. The third kappa shape index (κ3) is 6.25. The average Bonchev–Trinajstić information content (AvgIpc) is 2.79. The summed E-state index contributed by atoms with van der Waals surface area (Å²) in [6.45, 7) is 10.5. The maximum Gasteiger partial charge on any atom is 0.380 e. The largest absolute Gasteiger partial charge is 0.489 e. The Labute approximate surface area is 200 Å². The smallest absolute Gasteiger partial charge is 0.380 e. The van der Waals surface area contributed by atoms with Gasteiger partial charge in [0.1, 0.15) is 17.9 Å². The minimum atomic E-state index is -0.687. The summed E-state index contributed by atoms with van der Waals surface area (Å²) in [7, 11) is 0. The van der Waals surface area contributed by atoms with Crippen molar-refractivity contribution in [2.45, 2.75) is 53.4 Å². The fourth-order valence-electron chi connectivity index (χ4n) is 3.69. The number of esters is 1. The standard InChI is InChI=1S/C29H32O5/c1-19(2)11-9-12-21(5)17-18-32-23-15-10-16-24-26(23)25(20(3)4)27(29(31)33-24)34-28(30)22-13-7-6-8-14-22/h6-8,10-11,13-17,20H,9,12,18H2,1-5H3/b21-17+. The Bertz CT molecular complexity index is 1260. The number of benzene rings is 2. The van der Waals surface area contributed by atoms with Gasteiger partial charge in [-0.15, -0.1) is 0 Å². The Morgan fingerprint density at radius 1 is 1.00 bits per heavy atom. The van der Waals surface area contributed by atoms with Crippen LogP contribution in [0.3, 0.4) is 0 Å². The van der Waals surface area contributed by atoms with Crippen LogP contribution in [0.15, 0.2) is 81.0 Å². The van der Waals surface area contributed by atoms with Gasteiger partial charge >= 0.3 is 11.6 Å². The van der Waals surface area contributed by atoms with Crippen molar-refractivity contribution in [3.8, 4) is 11.5 Å². The quantitative estimate of drug-likeness (QED) is 0.192. The highest BCUT2D eigenvalue weighted by molar-refractivity contribution is 5.93. The van der Waals surface area contributed by atoms with Gasteiger partial charge in [0, 0.05) is 5.56 Å². The molecule has 0 aliphatic heterocycles. The molecule has 5 heteroatoms. The molecule has 0 amide bonds. The van der Waals surface area contributed by atoms with Gasteiger partial charge in [-0.1, -0.05) is 55.3 Å². The molecule has 3 aromatic rings. The van der Waals surface area contributed by atoms with Crippen molar-refractivity contribution in [2.24, 2.45) is 0 Å². The molecule has 178 valence electrons. The van der Waals surface area contributed by atoms with E-state index in [0.29, 0.717) is 34.5 Å². The molecule has 1 heterocycles. The molecule has 1 aromatic heterocycles. The van der Waals surface area contributed by atoms with Crippen LogP contribution in [0.1, 0.15) is 69.3 Å². The van der Waals surface area contributed by atoms with Crippen molar-refractivity contribution in [3.05, 3.63) is 93.4 Å². The predicted molar refractivity (Wildman–Crippen MR) is 136 cm³/mol. The number of ether oxygens (including phenoxy) is 2. The molecule has 0 N–H and O–H groups in total. The lowest BCUT2D eigenvalue weighted by atomic mass is 9.98. The highest BCUT2D eigenvalue weighted by atomic mass is 16.5. The molecule has 3 rings (SSSR count). The van der Waals surface area contributed by atoms with E-state index < -0.39 is 11.6 Å². The van der Waals surface area contributed by atoms with Gasteiger partial charge in [0.05, 0.1) is 10.9 Å². The van der Waals surface area contributed by atoms with Crippen LogP contribution in [0.2, 0.25) is 0 Å². The molecular formula is C29H32O5. The highest BCUT2D eigenvalue weighted by Crippen LogP contribution is 2.37. The summed E-state index contributed by atoms with van der Waals surface area (Å²) in [6, 6.07) is 13.9. The van der Waals surface area contributed by atoms with Crippen LogP contribution in [0.5, 0.6) is 11.5 Å². The van der Waals surface area contributed by atoms with E-state index >= 15 is 0 Å². The van der Waals surface area contributed by atoms with E-state index in [1.54, 1.807) is 36.4 Å². The Morgan fingerprint density at radius 3 is 2.41 bits per heavy atom. The van der Waals surface area contributed by atoms with E-state index in [-0.39, 0.29) is 11.7 Å². The third-order valence-electron chi connectivity index (χ3n) is 5.43. The summed E-state index contributed by atoms with van der Waals surface area (Å²) in [5, 5.41) is 0.642. The molecule has 34 heavy (non-hydrogen) atoms. The van der Waals surface area contributed by atoms with Gasteiger partial charge < -0.3 is 13.9 Å². The predicted octanol–water partition coefficient (Wildman–Crippen LogP) is 7.21. The van der Waals surface area contributed by atoms with E-state index in [4.69, 9.17) is 13.9 Å². The zero-order chi connectivity index (χ0) is 24.7. The molecule has 0 saturated carbocycles. The second-order valence-corrected chi connectivity index (χ2v) is 8.85. The first-order chi connectivity index (χ1) is 16.3. The summed E-state index contributed by atoms with van der Waals surface area (Å²) in [4.78, 5) is 25.5. The maximum absolute atomic E-state index is 12.8. The molecule has 0 saturated heterocycles. The fourth-order valence-corrected chi connectivity index (χ4v) is 3.69. The summed E-state index contributed by atoms with van der Waals surface area (Å²) in [5.41, 5.74) is 3.21. The Morgan fingerprint density at radius 2 is 1.74 bits per heavy atom. The third-order valence-corrected chi connectivity index (χ3v) is 5.43. The van der Waals surface area contributed by atoms with E-state index in [1.807, 2.05) is 26.0 Å². The lowest BCUT2D eigenvalue weighted by Crippen LogP contribution is -2.17. The molecule has 0 radical (unpaired) electrons. The Kier molecular flexibility index (Phi) is 8.47. The molecule has 5 nitrogen and oxygen atoms in total. The van der Waals surface area contributed by atoms with Gasteiger partial charge in [-0.25, -0.2) is 9.59 Å². The van der Waals surface area contributed by atoms with Gasteiger partial charge in [-0.3, -0.25) is 0 Å². The lowest BCUT2D eigenvalue weighted by Gasteiger charge is -2.17. The van der Waals surface area contributed by atoms with Gasteiger partial charge in [-0.05, 0) is 69.9 Å². The number of rotatable bonds is 9. The highest BCUT2D eigenvalue weighted by Gasteiger charge is 2.24. The van der Waals surface area contributed by atoms with Crippen molar-refractivity contribution in [3.63, 3.8) is 0 Å². The first kappa shape index (κ1) is 25.0. The van der Waals surface area contributed by atoms with Gasteiger partial charge in [-0.2, -0.15) is 0 Å². The normalized spacial score (nSPS) is 11.5. The number of carbonyl (C=O) groups excluding carboxylic acids is 1. The maximum atomic E-state index is 12.8. The van der Waals surface area contributed by atoms with Crippen molar-refractivity contribution in [1.82, 2.24) is 0 Å². The van der Waals surface area contributed by atoms with Gasteiger partial charge in [0.2, 0.25) is 5.75 Å². The van der Waals surface area contributed by atoms with E-state index in [2.05, 4.69) is 32.9 Å². The van der Waals surface area contributed by atoms with Crippen LogP contribution >= 0.6 is 0 Å². The van der Waals surface area contributed by atoms with Crippen LogP contribution in [0.4, 0.5) is 0 Å². The molecule has 0 atom stereocenters. The number of allylic oxidation sites excluding steroid dienone is 3. The summed E-state index contributed by atoms with van der Waals surface area (Å²) in [5.74, 6) is -0.241. The minimum Gasteiger partial charge on any atom is -0.489 e. The van der Waals surface area contributed by atoms with Crippen LogP contribution < -0.4 is 15.1 Å². The van der Waals surface area contributed by atoms with Crippen LogP contribution in [-0.4, -0.2) is 12.6 Å². The molecule has 0 unspecified atom stereocenters. The molecule has 0 aliphatic carbocycles. The summed E-state index contributed by atoms with van der Waals surface area (Å²) in [6.07, 6.45) is 6.24.